The van der Waals surface area contributed by atoms with E-state index in [4.69, 9.17) is 34.5 Å². The van der Waals surface area contributed by atoms with Gasteiger partial charge >= 0.3 is 6.09 Å². The Labute approximate surface area is 299 Å². The number of Topliss-reactive ketones (excluding diaryl/α,β-unsaturated/α-hetero) is 1. The number of amides is 4. The van der Waals surface area contributed by atoms with Crippen molar-refractivity contribution in [2.75, 3.05) is 11.9 Å². The van der Waals surface area contributed by atoms with Gasteiger partial charge in [-0.2, -0.15) is 0 Å². The van der Waals surface area contributed by atoms with Gasteiger partial charge in [0.1, 0.15) is 17.7 Å². The van der Waals surface area contributed by atoms with Gasteiger partial charge in [0.05, 0.1) is 22.3 Å². The number of benzene rings is 3. The Bertz CT molecular complexity index is 1830. The summed E-state index contributed by atoms with van der Waals surface area (Å²) >= 11 is 11.8. The van der Waals surface area contributed by atoms with Crippen molar-refractivity contribution in [1.29, 1.82) is 0 Å². The van der Waals surface area contributed by atoms with Gasteiger partial charge in [-0.05, 0) is 50.5 Å². The third kappa shape index (κ3) is 10.0. The van der Waals surface area contributed by atoms with Crippen LogP contribution in [0.5, 0.6) is 0 Å². The van der Waals surface area contributed by atoms with Crippen LogP contribution in [-0.2, 0) is 32.1 Å². The lowest BCUT2D eigenvalue weighted by Gasteiger charge is -2.37. The number of hydrogen-bond acceptors (Lipinski definition) is 6. The highest BCUT2D eigenvalue weighted by atomic mass is 35.5. The molecule has 1 aliphatic heterocycles. The molecule has 0 radical (unpaired) electrons. The van der Waals surface area contributed by atoms with Gasteiger partial charge in [0.15, 0.2) is 17.3 Å². The van der Waals surface area contributed by atoms with Crippen LogP contribution in [0.25, 0.3) is 4.85 Å². The first-order chi connectivity index (χ1) is 23.7. The van der Waals surface area contributed by atoms with Crippen LogP contribution in [0.2, 0.25) is 10.0 Å². The maximum Gasteiger partial charge on any atom is 0.407 e. The molecule has 50 heavy (non-hydrogen) atoms. The van der Waals surface area contributed by atoms with Crippen molar-refractivity contribution in [3.8, 4) is 0 Å². The van der Waals surface area contributed by atoms with Crippen LogP contribution >= 0.6 is 23.2 Å². The average Bonchev–Trinajstić information content (AvgIpc) is 3.08. The van der Waals surface area contributed by atoms with E-state index in [1.165, 1.54) is 17.0 Å². The highest BCUT2D eigenvalue weighted by molar-refractivity contribution is 6.42. The molecule has 3 aromatic carbocycles. The van der Waals surface area contributed by atoms with Gasteiger partial charge in [0, 0.05) is 37.9 Å². The quantitative estimate of drug-likeness (QED) is 0.115. The Morgan fingerprint density at radius 1 is 1.02 bits per heavy atom. The summed E-state index contributed by atoms with van der Waals surface area (Å²) in [4.78, 5) is 71.0. The Balaban J connectivity index is 1.57. The van der Waals surface area contributed by atoms with Crippen LogP contribution in [-0.4, -0.2) is 58.7 Å². The van der Waals surface area contributed by atoms with Crippen molar-refractivity contribution in [3.63, 3.8) is 0 Å². The number of anilines is 1. The normalized spacial score (nSPS) is 14.4. The van der Waals surface area contributed by atoms with Crippen molar-refractivity contribution in [2.24, 2.45) is 0 Å². The molecule has 4 amide bonds. The first kappa shape index (κ1) is 37.8. The molecule has 262 valence electrons. The molecule has 2 atom stereocenters. The number of alkyl carbamates (subject to hydrolysis) is 1. The van der Waals surface area contributed by atoms with Gasteiger partial charge < -0.3 is 25.6 Å². The minimum Gasteiger partial charge on any atom is -0.444 e. The van der Waals surface area contributed by atoms with Gasteiger partial charge in [-0.15, -0.1) is 0 Å². The molecule has 14 heteroatoms. The molecule has 4 rings (SSSR count). The second kappa shape index (κ2) is 16.6. The molecule has 3 aromatic rings. The van der Waals surface area contributed by atoms with E-state index in [1.807, 2.05) is 0 Å². The van der Waals surface area contributed by atoms with Gasteiger partial charge in [0.25, 0.3) is 0 Å². The number of carbonyl (C=O) groups excluding carboxylic acids is 5. The summed E-state index contributed by atoms with van der Waals surface area (Å²) in [6.07, 6.45) is -1.11. The maximum atomic E-state index is 14.8. The predicted octanol–water partition coefficient (Wildman–Crippen LogP) is 6.64. The fourth-order valence-corrected chi connectivity index (χ4v) is 5.59. The molecular weight excluding hydrogens is 688 g/mol. The number of nitrogens with zero attached hydrogens (tertiary/aromatic N) is 2. The van der Waals surface area contributed by atoms with Gasteiger partial charge in [-0.25, -0.2) is 14.0 Å². The number of nitrogens with one attached hydrogen (secondary N) is 3. The summed E-state index contributed by atoms with van der Waals surface area (Å²) in [6.45, 7) is 12.3. The molecule has 1 heterocycles. The maximum absolute atomic E-state index is 14.8. The second-order valence-corrected chi connectivity index (χ2v) is 13.4. The van der Waals surface area contributed by atoms with Crippen LogP contribution in [0.1, 0.15) is 61.5 Å². The molecule has 0 saturated heterocycles. The van der Waals surface area contributed by atoms with E-state index in [0.717, 1.165) is 5.56 Å². The van der Waals surface area contributed by atoms with Crippen molar-refractivity contribution in [3.05, 3.63) is 105 Å². The van der Waals surface area contributed by atoms with Gasteiger partial charge in [0.2, 0.25) is 17.7 Å². The van der Waals surface area contributed by atoms with Crippen LogP contribution in [0, 0.1) is 12.4 Å². The van der Waals surface area contributed by atoms with Crippen molar-refractivity contribution < 1.29 is 33.1 Å². The van der Waals surface area contributed by atoms with E-state index < -0.39 is 52.3 Å². The van der Waals surface area contributed by atoms with E-state index in [9.17, 15) is 28.4 Å². The minimum absolute atomic E-state index is 0.0132. The zero-order chi connectivity index (χ0) is 36.6. The van der Waals surface area contributed by atoms with Crippen molar-refractivity contribution >= 4 is 64.2 Å². The number of ether oxygens (including phenoxy) is 1. The highest BCUT2D eigenvalue weighted by Gasteiger charge is 2.36. The first-order valence-electron chi connectivity index (χ1n) is 15.8. The number of fused-ring (bicyclic) bond motifs is 1. The molecule has 0 saturated carbocycles. The van der Waals surface area contributed by atoms with Gasteiger partial charge in [-0.1, -0.05) is 71.7 Å². The lowest BCUT2D eigenvalue weighted by molar-refractivity contribution is -0.142. The zero-order valence-electron chi connectivity index (χ0n) is 27.6. The molecule has 0 aromatic heterocycles. The van der Waals surface area contributed by atoms with E-state index in [-0.39, 0.29) is 55.3 Å². The fourth-order valence-electron chi connectivity index (χ4n) is 5.28. The van der Waals surface area contributed by atoms with Crippen LogP contribution in [0.3, 0.4) is 0 Å². The van der Waals surface area contributed by atoms with E-state index in [2.05, 4.69) is 20.8 Å². The third-order valence-corrected chi connectivity index (χ3v) is 8.54. The average molecular weight is 725 g/mol. The summed E-state index contributed by atoms with van der Waals surface area (Å²) in [5, 5.41) is 7.15. The van der Waals surface area contributed by atoms with Crippen molar-refractivity contribution in [2.45, 2.75) is 70.7 Å². The SMILES string of the molecule is [C-]#[N+]c1ccc2c(c1)CN(C(=O)CCC(=O)c1ccccc1)[C@H](C(=O)N[C@@H](CCNC(=O)OC(C)(C)C)C(=O)Nc1ccc(Cl)c(Cl)c1F)C2. The van der Waals surface area contributed by atoms with Crippen molar-refractivity contribution in [1.82, 2.24) is 15.5 Å². The summed E-state index contributed by atoms with van der Waals surface area (Å²) in [6, 6.07) is 13.6. The number of rotatable bonds is 11. The number of ketones is 1. The molecule has 0 bridgehead atoms. The van der Waals surface area contributed by atoms with Crippen LogP contribution < -0.4 is 16.0 Å². The summed E-state index contributed by atoms with van der Waals surface area (Å²) < 4.78 is 20.1. The number of carbonyl (C=O) groups is 5. The Hall–Kier alpha value is -4.99. The second-order valence-electron chi connectivity index (χ2n) is 12.6. The topological polar surface area (TPSA) is 138 Å². The largest absolute Gasteiger partial charge is 0.444 e. The summed E-state index contributed by atoms with van der Waals surface area (Å²) in [5.74, 6) is -3.21. The standard InChI is InChI=1S/C36H36Cl2FN5O6/c1-36(2,3)50-35(49)41-17-16-27(33(47)42-26-13-12-25(37)31(38)32(26)39)43-34(48)28-19-22-10-11-24(40-4)18-23(22)20-44(28)30(46)15-14-29(45)21-8-6-5-7-9-21/h5-13,18,27-28H,14-17,19-20H2,1-3H3,(H,41,49)(H,42,47)(H,43,48)/t27-,28-/m0/s1. The number of halogens is 3. The highest BCUT2D eigenvalue weighted by Crippen LogP contribution is 2.31. The Kier molecular flexibility index (Phi) is 12.6. The minimum atomic E-state index is -1.33. The lowest BCUT2D eigenvalue weighted by Crippen LogP contribution is -2.56. The monoisotopic (exact) mass is 723 g/mol. The van der Waals surface area contributed by atoms with Crippen LogP contribution in [0.15, 0.2) is 60.7 Å². The van der Waals surface area contributed by atoms with E-state index in [0.29, 0.717) is 16.8 Å². The summed E-state index contributed by atoms with van der Waals surface area (Å²) in [7, 11) is 0. The molecule has 0 aliphatic carbocycles. The lowest BCUT2D eigenvalue weighted by atomic mass is 9.92. The summed E-state index contributed by atoms with van der Waals surface area (Å²) in [5.41, 5.74) is 1.15. The van der Waals surface area contributed by atoms with E-state index >= 15 is 0 Å². The molecular formula is C36H36Cl2FN5O6. The molecule has 0 unspecified atom stereocenters. The molecule has 0 spiro atoms. The zero-order valence-corrected chi connectivity index (χ0v) is 29.2. The third-order valence-electron chi connectivity index (χ3n) is 7.76. The Morgan fingerprint density at radius 3 is 2.42 bits per heavy atom. The molecule has 11 nitrogen and oxygen atoms in total. The fraction of sp³-hybridized carbons (Fsp3) is 0.333. The Morgan fingerprint density at radius 2 is 1.74 bits per heavy atom. The predicted molar refractivity (Wildman–Crippen MR) is 187 cm³/mol. The molecule has 0 fully saturated rings. The van der Waals surface area contributed by atoms with E-state index in [1.54, 1.807) is 69.3 Å². The number of hydrogen-bond donors (Lipinski definition) is 3. The first-order valence-corrected chi connectivity index (χ1v) is 16.5. The molecule has 3 N–H and O–H groups in total. The van der Waals surface area contributed by atoms with Gasteiger partial charge in [-0.3, -0.25) is 19.2 Å². The molecule has 1 aliphatic rings. The van der Waals surface area contributed by atoms with Crippen LogP contribution in [0.4, 0.5) is 20.6 Å². The smallest absolute Gasteiger partial charge is 0.407 e.